The first-order valence-electron chi connectivity index (χ1n) is 11.6. The quantitative estimate of drug-likeness (QED) is 0.482. The Balaban J connectivity index is 2.44. The minimum Gasteiger partial charge on any atom is -0.463 e. The Bertz CT molecular complexity index is 985. The fourth-order valence-electron chi connectivity index (χ4n) is 5.52. The van der Waals surface area contributed by atoms with Gasteiger partial charge in [-0.2, -0.15) is 0 Å². The van der Waals surface area contributed by atoms with Crippen molar-refractivity contribution in [1.82, 2.24) is 0 Å². The number of benzene rings is 2. The molecule has 0 aromatic heterocycles. The van der Waals surface area contributed by atoms with Gasteiger partial charge in [0.15, 0.2) is 0 Å². The molecule has 3 nitrogen and oxygen atoms in total. The van der Waals surface area contributed by atoms with E-state index in [0.717, 1.165) is 0 Å². The van der Waals surface area contributed by atoms with Gasteiger partial charge in [-0.3, -0.25) is 0 Å². The van der Waals surface area contributed by atoms with Gasteiger partial charge in [-0.25, -0.2) is 4.79 Å². The molecule has 0 aliphatic carbocycles. The Morgan fingerprint density at radius 3 is 1.62 bits per heavy atom. The molecule has 1 aliphatic rings. The van der Waals surface area contributed by atoms with Crippen LogP contribution in [0, 0.1) is 47.0 Å². The highest BCUT2D eigenvalue weighted by atomic mass is 28.4. The molecule has 1 aliphatic heterocycles. The highest BCUT2D eigenvalue weighted by Crippen LogP contribution is 2.38. The first-order chi connectivity index (χ1) is 14.8. The molecule has 0 bridgehead atoms. The Morgan fingerprint density at radius 2 is 1.28 bits per heavy atom. The minimum atomic E-state index is -2.90. The topological polar surface area (TPSA) is 35.5 Å². The van der Waals surface area contributed by atoms with Crippen LogP contribution in [0.3, 0.4) is 0 Å². The van der Waals surface area contributed by atoms with Crippen LogP contribution in [0.1, 0.15) is 61.1 Å². The summed E-state index contributed by atoms with van der Waals surface area (Å²) in [6.45, 7) is 21.6. The highest BCUT2D eigenvalue weighted by molar-refractivity contribution is 7.03. The number of hydrogen-bond donors (Lipinski definition) is 0. The molecule has 0 fully saturated rings. The summed E-state index contributed by atoms with van der Waals surface area (Å²) in [6, 6.07) is 8.95. The number of aryl methyl sites for hydroxylation is 6. The molecular formula is C28H38O3Si. The van der Waals surface area contributed by atoms with Crippen LogP contribution in [0.5, 0.6) is 0 Å². The smallest absolute Gasteiger partial charge is 0.336 e. The third-order valence-corrected chi connectivity index (χ3v) is 10.7. The van der Waals surface area contributed by atoms with Crippen LogP contribution in [0.4, 0.5) is 0 Å². The van der Waals surface area contributed by atoms with E-state index in [1.165, 1.54) is 43.8 Å². The molecule has 0 amide bonds. The van der Waals surface area contributed by atoms with Gasteiger partial charge in [0.2, 0.25) is 0 Å². The number of hydrogen-bond acceptors (Lipinski definition) is 3. The second kappa shape index (κ2) is 8.64. The lowest BCUT2D eigenvalue weighted by Gasteiger charge is -2.36. The summed E-state index contributed by atoms with van der Waals surface area (Å²) in [5.41, 5.74) is 10.00. The third-order valence-electron chi connectivity index (χ3n) is 6.34. The molecular weight excluding hydrogens is 412 g/mol. The fourth-order valence-corrected chi connectivity index (χ4v) is 10.6. The lowest BCUT2D eigenvalue weighted by atomic mass is 9.85. The molecule has 0 spiro atoms. The van der Waals surface area contributed by atoms with E-state index in [2.05, 4.69) is 92.3 Å². The van der Waals surface area contributed by atoms with Crippen molar-refractivity contribution in [2.45, 2.75) is 75.3 Å². The first kappa shape index (κ1) is 24.5. The fraction of sp³-hybridized carbons (Fsp3) is 0.464. The van der Waals surface area contributed by atoms with Crippen LogP contribution in [-0.2, 0) is 14.0 Å². The van der Waals surface area contributed by atoms with Gasteiger partial charge in [0, 0.05) is 0 Å². The lowest BCUT2D eigenvalue weighted by Crippen LogP contribution is -2.62. The zero-order valence-electron chi connectivity index (χ0n) is 21.4. The number of carbonyl (C=O) groups excluding carboxylic acids is 1. The zero-order valence-corrected chi connectivity index (χ0v) is 22.4. The minimum absolute atomic E-state index is 0.244. The molecule has 2 aromatic rings. The van der Waals surface area contributed by atoms with Gasteiger partial charge in [-0.15, -0.1) is 0 Å². The normalized spacial score (nSPS) is 17.9. The van der Waals surface area contributed by atoms with E-state index in [1.54, 1.807) is 0 Å². The number of ether oxygens (including phenoxy) is 1. The Morgan fingerprint density at radius 1 is 0.875 bits per heavy atom. The zero-order chi connectivity index (χ0) is 24.0. The second-order valence-corrected chi connectivity index (χ2v) is 13.5. The van der Waals surface area contributed by atoms with Crippen molar-refractivity contribution in [2.24, 2.45) is 5.41 Å². The molecule has 1 atom stereocenters. The van der Waals surface area contributed by atoms with Crippen molar-refractivity contribution >= 4 is 24.7 Å². The average molecular weight is 451 g/mol. The number of esters is 1. The van der Waals surface area contributed by atoms with Crippen molar-refractivity contribution in [3.05, 3.63) is 68.9 Å². The SMILES string of the molecule is CCOC(=O)C1=C[Si](c2c(C)cc(C)cc2C)(c2c(C)cc(C)cc2C)OC1C(C)(C)C. The maximum Gasteiger partial charge on any atom is 0.336 e. The van der Waals surface area contributed by atoms with Gasteiger partial charge in [0.25, 0.3) is 8.32 Å². The summed E-state index contributed by atoms with van der Waals surface area (Å²) in [4.78, 5) is 13.2. The van der Waals surface area contributed by atoms with Crippen LogP contribution < -0.4 is 10.4 Å². The molecule has 0 saturated heterocycles. The summed E-state index contributed by atoms with van der Waals surface area (Å²) in [6.07, 6.45) is -0.326. The van der Waals surface area contributed by atoms with Gasteiger partial charge in [-0.05, 0) is 92.2 Å². The molecule has 0 saturated carbocycles. The van der Waals surface area contributed by atoms with Gasteiger partial charge in [0.1, 0.15) is 0 Å². The maximum atomic E-state index is 13.2. The Labute approximate surface area is 195 Å². The summed E-state index contributed by atoms with van der Waals surface area (Å²) in [5, 5.41) is 2.51. The molecule has 3 rings (SSSR count). The van der Waals surface area contributed by atoms with Gasteiger partial charge < -0.3 is 9.16 Å². The second-order valence-electron chi connectivity index (χ2n) is 10.5. The summed E-state index contributed by atoms with van der Waals surface area (Å²) < 4.78 is 12.7. The molecule has 0 radical (unpaired) electrons. The predicted molar refractivity (Wildman–Crippen MR) is 135 cm³/mol. The van der Waals surface area contributed by atoms with Crippen LogP contribution in [0.15, 0.2) is 35.5 Å². The van der Waals surface area contributed by atoms with Crippen LogP contribution in [0.2, 0.25) is 0 Å². The van der Waals surface area contributed by atoms with E-state index < -0.39 is 8.32 Å². The summed E-state index contributed by atoms with van der Waals surface area (Å²) >= 11 is 0. The maximum absolute atomic E-state index is 13.2. The molecule has 4 heteroatoms. The van der Waals surface area contributed by atoms with Gasteiger partial charge >= 0.3 is 5.97 Å². The van der Waals surface area contributed by atoms with Crippen molar-refractivity contribution in [2.75, 3.05) is 6.61 Å². The van der Waals surface area contributed by atoms with Crippen molar-refractivity contribution in [3.63, 3.8) is 0 Å². The largest absolute Gasteiger partial charge is 0.463 e. The average Bonchev–Trinajstić information content (AvgIpc) is 3.01. The molecule has 0 N–H and O–H groups in total. The van der Waals surface area contributed by atoms with Crippen molar-refractivity contribution in [1.29, 1.82) is 0 Å². The monoisotopic (exact) mass is 450 g/mol. The lowest BCUT2D eigenvalue weighted by molar-refractivity contribution is -0.139. The van der Waals surface area contributed by atoms with Gasteiger partial charge in [0.05, 0.1) is 18.3 Å². The third kappa shape index (κ3) is 4.23. The molecule has 1 unspecified atom stereocenters. The van der Waals surface area contributed by atoms with E-state index in [4.69, 9.17) is 9.16 Å². The molecule has 1 heterocycles. The van der Waals surface area contributed by atoms with E-state index in [9.17, 15) is 4.79 Å². The van der Waals surface area contributed by atoms with E-state index >= 15 is 0 Å². The van der Waals surface area contributed by atoms with Crippen LogP contribution >= 0.6 is 0 Å². The van der Waals surface area contributed by atoms with E-state index in [0.29, 0.717) is 12.2 Å². The van der Waals surface area contributed by atoms with Gasteiger partial charge in [-0.1, -0.05) is 56.2 Å². The molecule has 32 heavy (non-hydrogen) atoms. The number of rotatable bonds is 4. The highest BCUT2D eigenvalue weighted by Gasteiger charge is 2.53. The van der Waals surface area contributed by atoms with Crippen molar-refractivity contribution in [3.8, 4) is 0 Å². The first-order valence-corrected chi connectivity index (χ1v) is 13.5. The predicted octanol–water partition coefficient (Wildman–Crippen LogP) is 5.07. The molecule has 172 valence electrons. The summed E-state index contributed by atoms with van der Waals surface area (Å²) in [5.74, 6) is -0.258. The molecule has 2 aromatic carbocycles. The standard InChI is InChI=1S/C28H38O3Si/c1-11-30-27(29)23-16-32(31-26(23)28(8,9)10,24-19(4)12-17(2)13-20(24)5)25-21(6)14-18(3)15-22(25)7/h12-16,26H,11H2,1-10H3. The Hall–Kier alpha value is -2.17. The Kier molecular flexibility index (Phi) is 6.61. The summed E-state index contributed by atoms with van der Waals surface area (Å²) in [7, 11) is -2.90. The van der Waals surface area contributed by atoms with Crippen LogP contribution in [-0.4, -0.2) is 27.0 Å². The number of carbonyl (C=O) groups is 1. The van der Waals surface area contributed by atoms with E-state index in [-0.39, 0.29) is 17.5 Å². The van der Waals surface area contributed by atoms with E-state index in [1.807, 2.05) is 6.92 Å². The van der Waals surface area contributed by atoms with Crippen LogP contribution in [0.25, 0.3) is 0 Å². The van der Waals surface area contributed by atoms with Crippen molar-refractivity contribution < 1.29 is 14.0 Å².